The summed E-state index contributed by atoms with van der Waals surface area (Å²) in [6.45, 7) is 3.44. The van der Waals surface area contributed by atoms with Crippen LogP contribution in [0.1, 0.15) is 11.4 Å². The third kappa shape index (κ3) is 8.39. The van der Waals surface area contributed by atoms with Gasteiger partial charge in [-0.05, 0) is 38.1 Å². The summed E-state index contributed by atoms with van der Waals surface area (Å²) in [6.07, 6.45) is 0. The monoisotopic (exact) mass is 646 g/mol. The molecule has 0 amide bonds. The lowest BCUT2D eigenvalue weighted by molar-refractivity contribution is 0.480. The smallest absolute Gasteiger partial charge is 0.295 e. The molecule has 14 nitrogen and oxygen atoms in total. The van der Waals surface area contributed by atoms with Crippen LogP contribution in [0.5, 0.6) is 0 Å². The zero-order valence-corrected chi connectivity index (χ0v) is 27.8. The van der Waals surface area contributed by atoms with Crippen molar-refractivity contribution in [2.75, 3.05) is 35.6 Å². The number of benzene rings is 2. The van der Waals surface area contributed by atoms with Gasteiger partial charge < -0.3 is 9.80 Å². The van der Waals surface area contributed by atoms with Gasteiger partial charge in [-0.1, -0.05) is 36.4 Å². The van der Waals surface area contributed by atoms with Crippen LogP contribution < -0.4 is 20.9 Å². The highest BCUT2D eigenvalue weighted by Crippen LogP contribution is 2.18. The molecule has 2 aromatic carbocycles. The number of nitrogens with zero attached hydrogens (tertiary/aromatic N) is 6. The third-order valence-corrected chi connectivity index (χ3v) is 7.95. The minimum absolute atomic E-state index is 0. The molecular formula is C26H34MgN6O8S2. The largest absolute Gasteiger partial charge is 0.353 e. The van der Waals surface area contributed by atoms with E-state index in [0.29, 0.717) is 22.8 Å². The Bertz CT molecular complexity index is 1760. The van der Waals surface area contributed by atoms with Gasteiger partial charge in [0.2, 0.25) is 0 Å². The fourth-order valence-electron chi connectivity index (χ4n) is 4.61. The summed E-state index contributed by atoms with van der Waals surface area (Å²) in [6, 6.07) is 18.1. The Morgan fingerprint density at radius 1 is 0.628 bits per heavy atom. The maximum Gasteiger partial charge on any atom is 0.295 e. The van der Waals surface area contributed by atoms with Gasteiger partial charge in [0.05, 0.1) is 22.8 Å². The number of hydrogen-bond acceptors (Lipinski definition) is 8. The predicted octanol–water partition coefficient (Wildman–Crippen LogP) is 1.15. The quantitative estimate of drug-likeness (QED) is 0.209. The Balaban J connectivity index is 0.000000293. The predicted molar refractivity (Wildman–Crippen MR) is 167 cm³/mol. The van der Waals surface area contributed by atoms with Gasteiger partial charge in [-0.3, -0.25) is 28.1 Å². The fourth-order valence-corrected chi connectivity index (χ4v) is 5.84. The van der Waals surface area contributed by atoms with Crippen LogP contribution in [0.25, 0.3) is 11.4 Å². The van der Waals surface area contributed by atoms with Crippen LogP contribution in [-0.2, 0) is 34.3 Å². The molecule has 0 aliphatic rings. The molecule has 0 fully saturated rings. The average molecular weight is 647 g/mol. The summed E-state index contributed by atoms with van der Waals surface area (Å²) < 4.78 is 68.1. The number of rotatable bonds is 8. The summed E-state index contributed by atoms with van der Waals surface area (Å²) in [5.41, 5.74) is 2.36. The lowest BCUT2D eigenvalue weighted by Crippen LogP contribution is -2.30. The molecule has 2 heterocycles. The van der Waals surface area contributed by atoms with E-state index in [0.717, 1.165) is 0 Å². The third-order valence-electron chi connectivity index (χ3n) is 6.52. The van der Waals surface area contributed by atoms with Crippen molar-refractivity contribution in [1.29, 1.82) is 0 Å². The van der Waals surface area contributed by atoms with Gasteiger partial charge in [0.25, 0.3) is 31.4 Å². The van der Waals surface area contributed by atoms with Gasteiger partial charge in [0.1, 0.15) is 23.1 Å². The molecule has 2 N–H and O–H groups in total. The molecule has 230 valence electrons. The van der Waals surface area contributed by atoms with E-state index >= 15 is 0 Å². The molecule has 0 saturated heterocycles. The first kappa shape index (κ1) is 35.8. The van der Waals surface area contributed by atoms with E-state index in [-0.39, 0.29) is 45.5 Å². The molecule has 4 rings (SSSR count). The van der Waals surface area contributed by atoms with Gasteiger partial charge in [0, 0.05) is 51.2 Å². The Kier molecular flexibility index (Phi) is 11.6. The van der Waals surface area contributed by atoms with E-state index in [1.807, 2.05) is 36.4 Å². The van der Waals surface area contributed by atoms with E-state index < -0.39 is 32.0 Å². The van der Waals surface area contributed by atoms with Crippen LogP contribution in [0.3, 0.4) is 0 Å². The number of aromatic nitrogens is 4. The second-order valence-corrected chi connectivity index (χ2v) is 12.5. The van der Waals surface area contributed by atoms with Crippen molar-refractivity contribution in [2.24, 2.45) is 14.1 Å². The normalized spacial score (nSPS) is 11.3. The minimum Gasteiger partial charge on any atom is -0.353 e. The number of anilines is 2. The van der Waals surface area contributed by atoms with Gasteiger partial charge in [-0.15, -0.1) is 0 Å². The molecule has 0 aliphatic heterocycles. The molecule has 0 bridgehead atoms. The molecule has 0 spiro atoms. The first-order valence-electron chi connectivity index (χ1n) is 12.4. The molecule has 43 heavy (non-hydrogen) atoms. The summed E-state index contributed by atoms with van der Waals surface area (Å²) in [4.78, 5) is 27.6. The van der Waals surface area contributed by atoms with Crippen LogP contribution in [0.2, 0.25) is 0 Å². The lowest BCUT2D eigenvalue weighted by atomic mass is 10.3. The van der Waals surface area contributed by atoms with Gasteiger partial charge in [-0.2, -0.15) is 16.8 Å². The average Bonchev–Trinajstić information content (AvgIpc) is 3.25. The second-order valence-electron chi connectivity index (χ2n) is 9.64. The lowest BCUT2D eigenvalue weighted by Gasteiger charge is -2.15. The maximum atomic E-state index is 12.6. The van der Waals surface area contributed by atoms with Crippen molar-refractivity contribution in [3.8, 4) is 11.4 Å². The molecule has 2 radical (unpaired) electrons. The van der Waals surface area contributed by atoms with Crippen LogP contribution in [0, 0.1) is 13.8 Å². The van der Waals surface area contributed by atoms with Crippen molar-refractivity contribution in [1.82, 2.24) is 18.7 Å². The summed E-state index contributed by atoms with van der Waals surface area (Å²) in [7, 11) is -2.07. The first-order chi connectivity index (χ1) is 19.4. The van der Waals surface area contributed by atoms with Crippen molar-refractivity contribution in [3.63, 3.8) is 0 Å². The van der Waals surface area contributed by atoms with E-state index in [2.05, 4.69) is 0 Å². The van der Waals surface area contributed by atoms with Crippen molar-refractivity contribution in [3.05, 3.63) is 92.8 Å². The SMILES string of the molecule is Cc1c(N(C)CS(=O)(=O)O)c(=O)n(-c2ccccc2)n1C.Cc1c(N(C)CS(=O)(=O)O)c(=O)n(-c2ccccc2)n1C.[Mg]. The van der Waals surface area contributed by atoms with Crippen LogP contribution in [0.15, 0.2) is 70.3 Å². The molecule has 0 saturated carbocycles. The van der Waals surface area contributed by atoms with Gasteiger partial charge >= 0.3 is 0 Å². The number of hydrogen-bond donors (Lipinski definition) is 2. The van der Waals surface area contributed by atoms with Crippen LogP contribution in [0.4, 0.5) is 11.4 Å². The zero-order valence-electron chi connectivity index (χ0n) is 24.7. The molecule has 0 aliphatic carbocycles. The molecule has 2 aromatic heterocycles. The molecule has 17 heteroatoms. The minimum atomic E-state index is -4.20. The standard InChI is InChI=1S/2C13H17N3O4S.Mg/c2*1-10-12(14(2)9-21(18,19)20)13(17)16(15(10)3)11-7-5-4-6-8-11;/h2*4-8H,9H2,1-3H3,(H,18,19,20);. The zero-order chi connectivity index (χ0) is 31.6. The van der Waals surface area contributed by atoms with Crippen molar-refractivity contribution >= 4 is 54.7 Å². The van der Waals surface area contributed by atoms with E-state index in [1.165, 1.54) is 33.3 Å². The molecule has 4 aromatic rings. The fraction of sp³-hybridized carbons (Fsp3) is 0.308. The highest BCUT2D eigenvalue weighted by atomic mass is 32.2. The second kappa shape index (κ2) is 14.0. The van der Waals surface area contributed by atoms with Crippen molar-refractivity contribution in [2.45, 2.75) is 13.8 Å². The molecular weight excluding hydrogens is 613 g/mol. The maximum absolute atomic E-state index is 12.6. The van der Waals surface area contributed by atoms with E-state index in [9.17, 15) is 26.4 Å². The van der Waals surface area contributed by atoms with Crippen molar-refractivity contribution < 1.29 is 25.9 Å². The van der Waals surface area contributed by atoms with E-state index in [4.69, 9.17) is 9.11 Å². The first-order valence-corrected chi connectivity index (χ1v) is 15.7. The Morgan fingerprint density at radius 3 is 1.16 bits per heavy atom. The van der Waals surface area contributed by atoms with Gasteiger partial charge in [0.15, 0.2) is 0 Å². The topological polar surface area (TPSA) is 169 Å². The van der Waals surface area contributed by atoms with Crippen LogP contribution in [-0.4, -0.2) is 93.6 Å². The molecule has 0 atom stereocenters. The summed E-state index contributed by atoms with van der Waals surface area (Å²) in [5.74, 6) is -1.27. The number of para-hydroxylation sites is 2. The Labute approximate surface area is 266 Å². The Hall–Kier alpha value is -3.35. The highest BCUT2D eigenvalue weighted by Gasteiger charge is 2.23. The van der Waals surface area contributed by atoms with E-state index in [1.54, 1.807) is 61.6 Å². The summed E-state index contributed by atoms with van der Waals surface area (Å²) >= 11 is 0. The van der Waals surface area contributed by atoms with Gasteiger partial charge in [-0.25, -0.2) is 9.36 Å². The van der Waals surface area contributed by atoms with Crippen LogP contribution >= 0.6 is 0 Å². The highest BCUT2D eigenvalue weighted by molar-refractivity contribution is 7.86. The Morgan fingerprint density at radius 2 is 0.907 bits per heavy atom. The summed E-state index contributed by atoms with van der Waals surface area (Å²) in [5, 5.41) is 0. The molecule has 0 unspecified atom stereocenters.